The first-order chi connectivity index (χ1) is 6.36. The van der Waals surface area contributed by atoms with Crippen LogP contribution < -0.4 is 0 Å². The molecule has 1 aromatic carbocycles. The van der Waals surface area contributed by atoms with Crippen molar-refractivity contribution in [2.24, 2.45) is 0 Å². The lowest BCUT2D eigenvalue weighted by Gasteiger charge is -2.09. The van der Waals surface area contributed by atoms with Gasteiger partial charge in [0.1, 0.15) is 12.1 Å². The third-order valence-corrected chi connectivity index (χ3v) is 2.28. The summed E-state index contributed by atoms with van der Waals surface area (Å²) in [6.45, 7) is 0. The summed E-state index contributed by atoms with van der Waals surface area (Å²) in [5, 5.41) is 0. The summed E-state index contributed by atoms with van der Waals surface area (Å²) >= 11 is 1.41. The van der Waals surface area contributed by atoms with Crippen LogP contribution in [0.4, 0.5) is 17.6 Å². The summed E-state index contributed by atoms with van der Waals surface area (Å²) in [4.78, 5) is 10.3. The zero-order chi connectivity index (χ0) is 10.9. The Morgan fingerprint density at radius 3 is 2.29 bits per heavy atom. The zero-order valence-electron chi connectivity index (χ0n) is 6.53. The molecule has 1 rings (SSSR count). The molecule has 0 radical (unpaired) electrons. The Morgan fingerprint density at radius 1 is 1.29 bits per heavy atom. The predicted octanol–water partition coefficient (Wildman–Crippen LogP) is 3.26. The van der Waals surface area contributed by atoms with E-state index in [0.29, 0.717) is 6.07 Å². The van der Waals surface area contributed by atoms with Crippen molar-refractivity contribution in [1.29, 1.82) is 0 Å². The Kier molecular flexibility index (Phi) is 3.13. The average Bonchev–Trinajstić information content (AvgIpc) is 2.07. The van der Waals surface area contributed by atoms with Crippen LogP contribution in [0.5, 0.6) is 0 Å². The van der Waals surface area contributed by atoms with E-state index >= 15 is 0 Å². The van der Waals surface area contributed by atoms with Crippen LogP contribution in [0.25, 0.3) is 0 Å². The number of hydrogen-bond acceptors (Lipinski definition) is 1. The van der Waals surface area contributed by atoms with E-state index in [1.807, 2.05) is 0 Å². The summed E-state index contributed by atoms with van der Waals surface area (Å²) in [5.41, 5.74) is -1.60. The summed E-state index contributed by atoms with van der Waals surface area (Å²) < 4.78 is 49.3. The largest absolute Gasteiger partial charge is 0.419 e. The fourth-order valence-electron chi connectivity index (χ4n) is 0.884. The minimum atomic E-state index is -4.77. The molecule has 0 bridgehead atoms. The molecule has 0 atom stereocenters. The minimum absolute atomic E-state index is 0.192. The van der Waals surface area contributed by atoms with Gasteiger partial charge in [0, 0.05) is 5.56 Å². The van der Waals surface area contributed by atoms with Gasteiger partial charge < -0.3 is 0 Å². The molecule has 0 heterocycles. The third-order valence-electron chi connectivity index (χ3n) is 1.49. The van der Waals surface area contributed by atoms with E-state index in [1.165, 1.54) is 22.6 Å². The molecular formula is C8H3F4IO. The maximum atomic E-state index is 13.0. The highest BCUT2D eigenvalue weighted by atomic mass is 127. The second kappa shape index (κ2) is 3.84. The monoisotopic (exact) mass is 318 g/mol. The van der Waals surface area contributed by atoms with Crippen molar-refractivity contribution in [3.63, 3.8) is 0 Å². The Labute approximate surface area is 90.2 Å². The normalized spacial score (nSPS) is 11.5. The van der Waals surface area contributed by atoms with Gasteiger partial charge in [-0.3, -0.25) is 4.79 Å². The molecule has 14 heavy (non-hydrogen) atoms. The van der Waals surface area contributed by atoms with Crippen LogP contribution in [-0.4, -0.2) is 6.29 Å². The molecule has 0 aliphatic rings. The molecule has 0 unspecified atom stereocenters. The van der Waals surface area contributed by atoms with Crippen LogP contribution in [-0.2, 0) is 6.18 Å². The van der Waals surface area contributed by atoms with Crippen LogP contribution in [0.15, 0.2) is 12.1 Å². The molecular weight excluding hydrogens is 315 g/mol. The number of carbonyl (C=O) groups excluding carboxylic acids is 1. The number of rotatable bonds is 1. The van der Waals surface area contributed by atoms with Gasteiger partial charge >= 0.3 is 6.18 Å². The second-order valence-electron chi connectivity index (χ2n) is 2.48. The Morgan fingerprint density at radius 2 is 1.86 bits per heavy atom. The summed E-state index contributed by atoms with van der Waals surface area (Å²) in [5.74, 6) is -1.34. The summed E-state index contributed by atoms with van der Waals surface area (Å²) in [6, 6.07) is 1.54. The predicted molar refractivity (Wildman–Crippen MR) is 49.5 cm³/mol. The number of alkyl halides is 3. The molecule has 0 saturated carbocycles. The molecule has 6 heteroatoms. The SMILES string of the molecule is O=Cc1cc(I)c(F)c(C(F)(F)F)c1. The zero-order valence-corrected chi connectivity index (χ0v) is 8.69. The smallest absolute Gasteiger partial charge is 0.298 e. The number of aldehydes is 1. The van der Waals surface area contributed by atoms with Crippen molar-refractivity contribution in [2.75, 3.05) is 0 Å². The van der Waals surface area contributed by atoms with Crippen LogP contribution >= 0.6 is 22.6 Å². The molecule has 0 spiro atoms. The van der Waals surface area contributed by atoms with Gasteiger partial charge in [-0.25, -0.2) is 4.39 Å². The number of halogens is 5. The Hall–Kier alpha value is -0.660. The van der Waals surface area contributed by atoms with Gasteiger partial charge in [-0.15, -0.1) is 0 Å². The number of hydrogen-bond donors (Lipinski definition) is 0. The number of benzene rings is 1. The molecule has 0 aliphatic carbocycles. The lowest BCUT2D eigenvalue weighted by Crippen LogP contribution is -2.10. The van der Waals surface area contributed by atoms with Crippen molar-refractivity contribution in [2.45, 2.75) is 6.18 Å². The van der Waals surface area contributed by atoms with E-state index in [4.69, 9.17) is 0 Å². The van der Waals surface area contributed by atoms with Gasteiger partial charge in [0.15, 0.2) is 0 Å². The molecule has 1 nitrogen and oxygen atoms in total. The second-order valence-corrected chi connectivity index (χ2v) is 3.64. The van der Waals surface area contributed by atoms with E-state index < -0.39 is 17.6 Å². The lowest BCUT2D eigenvalue weighted by atomic mass is 10.1. The van der Waals surface area contributed by atoms with Gasteiger partial charge in [-0.2, -0.15) is 13.2 Å². The molecule has 0 amide bonds. The summed E-state index contributed by atoms with van der Waals surface area (Å²) in [7, 11) is 0. The third kappa shape index (κ3) is 2.23. The maximum Gasteiger partial charge on any atom is 0.419 e. The van der Waals surface area contributed by atoms with Crippen molar-refractivity contribution in [1.82, 2.24) is 0 Å². The molecule has 0 N–H and O–H groups in total. The van der Waals surface area contributed by atoms with E-state index in [-0.39, 0.29) is 15.4 Å². The van der Waals surface area contributed by atoms with Crippen molar-refractivity contribution in [3.05, 3.63) is 32.6 Å². The van der Waals surface area contributed by atoms with Gasteiger partial charge in [0.05, 0.1) is 9.13 Å². The standard InChI is InChI=1S/C8H3F4IO/c9-7-5(8(10,11)12)1-4(3-14)2-6(7)13/h1-3H. The van der Waals surface area contributed by atoms with Gasteiger partial charge in [0.25, 0.3) is 0 Å². The Balaban J connectivity index is 3.42. The molecule has 0 saturated heterocycles. The minimum Gasteiger partial charge on any atom is -0.298 e. The van der Waals surface area contributed by atoms with Crippen molar-refractivity contribution < 1.29 is 22.4 Å². The first-order valence-electron chi connectivity index (χ1n) is 3.37. The van der Waals surface area contributed by atoms with Crippen LogP contribution in [0.3, 0.4) is 0 Å². The fourth-order valence-corrected chi connectivity index (χ4v) is 1.53. The Bertz CT molecular complexity index is 372. The first-order valence-corrected chi connectivity index (χ1v) is 4.45. The highest BCUT2D eigenvalue weighted by Crippen LogP contribution is 2.33. The van der Waals surface area contributed by atoms with E-state index in [1.54, 1.807) is 0 Å². The first kappa shape index (κ1) is 11.4. The molecule has 0 aliphatic heterocycles. The van der Waals surface area contributed by atoms with Crippen molar-refractivity contribution in [3.8, 4) is 0 Å². The van der Waals surface area contributed by atoms with Crippen molar-refractivity contribution >= 4 is 28.9 Å². The topological polar surface area (TPSA) is 17.1 Å². The lowest BCUT2D eigenvalue weighted by molar-refractivity contribution is -0.140. The highest BCUT2D eigenvalue weighted by Gasteiger charge is 2.35. The van der Waals surface area contributed by atoms with Crippen LogP contribution in [0.1, 0.15) is 15.9 Å². The van der Waals surface area contributed by atoms with Crippen LogP contribution in [0.2, 0.25) is 0 Å². The highest BCUT2D eigenvalue weighted by molar-refractivity contribution is 14.1. The fraction of sp³-hybridized carbons (Fsp3) is 0.125. The van der Waals surface area contributed by atoms with Crippen LogP contribution in [0, 0.1) is 9.39 Å². The van der Waals surface area contributed by atoms with Gasteiger partial charge in [0.2, 0.25) is 0 Å². The quantitative estimate of drug-likeness (QED) is 0.441. The van der Waals surface area contributed by atoms with Gasteiger partial charge in [-0.05, 0) is 34.7 Å². The van der Waals surface area contributed by atoms with Gasteiger partial charge in [-0.1, -0.05) is 0 Å². The van der Waals surface area contributed by atoms with E-state index in [0.717, 1.165) is 6.07 Å². The van der Waals surface area contributed by atoms with E-state index in [2.05, 4.69) is 0 Å². The summed E-state index contributed by atoms with van der Waals surface area (Å²) in [6.07, 6.45) is -4.53. The average molecular weight is 318 g/mol. The molecule has 1 aromatic rings. The number of carbonyl (C=O) groups is 1. The molecule has 0 fully saturated rings. The maximum absolute atomic E-state index is 13.0. The van der Waals surface area contributed by atoms with E-state index in [9.17, 15) is 22.4 Å². The molecule has 0 aromatic heterocycles. The molecule has 76 valence electrons.